The largest absolute Gasteiger partial charge is 0.494 e. The third-order valence-electron chi connectivity index (χ3n) is 2.99. The van der Waals surface area contributed by atoms with Gasteiger partial charge in [0.25, 0.3) is 5.91 Å². The van der Waals surface area contributed by atoms with E-state index in [1.54, 1.807) is 20.3 Å². The Kier molecular flexibility index (Phi) is 4.01. The zero-order valence-electron chi connectivity index (χ0n) is 12.0. The number of methoxy groups -OCH3 is 2. The van der Waals surface area contributed by atoms with Crippen molar-refractivity contribution in [2.45, 2.75) is 0 Å². The van der Waals surface area contributed by atoms with Gasteiger partial charge in [-0.2, -0.15) is 0 Å². The maximum absolute atomic E-state index is 12.0. The summed E-state index contributed by atoms with van der Waals surface area (Å²) in [6.45, 7) is 0.797. The second-order valence-electron chi connectivity index (χ2n) is 4.35. The van der Waals surface area contributed by atoms with Crippen LogP contribution in [0.2, 0.25) is 0 Å². The number of carbonyl (C=O) groups excluding carboxylic acids is 1. The van der Waals surface area contributed by atoms with Crippen LogP contribution >= 0.6 is 11.3 Å². The van der Waals surface area contributed by atoms with Crippen LogP contribution < -0.4 is 14.8 Å². The summed E-state index contributed by atoms with van der Waals surface area (Å²) in [5.74, 6) is 0.950. The lowest BCUT2D eigenvalue weighted by Gasteiger charge is -2.13. The first-order valence-corrected chi connectivity index (χ1v) is 7.31. The maximum Gasteiger partial charge on any atom is 0.295 e. The lowest BCUT2D eigenvalue weighted by atomic mass is 10.3. The van der Waals surface area contributed by atoms with E-state index in [-0.39, 0.29) is 5.76 Å². The van der Waals surface area contributed by atoms with Gasteiger partial charge in [0.2, 0.25) is 5.76 Å². The topological polar surface area (TPSA) is 78.9 Å². The quantitative estimate of drug-likeness (QED) is 0.929. The van der Waals surface area contributed by atoms with Crippen LogP contribution in [-0.2, 0) is 14.3 Å². The molecule has 1 amide bonds. The molecule has 1 aliphatic heterocycles. The van der Waals surface area contributed by atoms with Crippen molar-refractivity contribution in [2.24, 2.45) is 0 Å². The number of nitrogens with one attached hydrogen (secondary N) is 1. The normalized spacial score (nSPS) is 13.8. The Balaban J connectivity index is 1.85. The van der Waals surface area contributed by atoms with Crippen LogP contribution in [0.5, 0.6) is 11.5 Å². The second-order valence-corrected chi connectivity index (χ2v) is 5.38. The third-order valence-corrected chi connectivity index (χ3v) is 3.92. The Morgan fingerprint density at radius 3 is 2.73 bits per heavy atom. The van der Waals surface area contributed by atoms with E-state index in [9.17, 15) is 4.79 Å². The lowest BCUT2D eigenvalue weighted by molar-refractivity contribution is -0.117. The van der Waals surface area contributed by atoms with Crippen molar-refractivity contribution in [1.29, 1.82) is 0 Å². The number of carbonyl (C=O) groups is 1. The number of thiazole rings is 1. The van der Waals surface area contributed by atoms with Gasteiger partial charge >= 0.3 is 0 Å². The van der Waals surface area contributed by atoms with E-state index in [0.29, 0.717) is 35.4 Å². The first kappa shape index (κ1) is 14.5. The van der Waals surface area contributed by atoms with Crippen molar-refractivity contribution in [3.63, 3.8) is 0 Å². The summed E-state index contributed by atoms with van der Waals surface area (Å²) in [4.78, 5) is 16.4. The standard InChI is InChI=1S/C14H14N2O5S/c1-18-9-5-8-12(6-10(9)19-2)22-14(15-8)16-13(17)11-7-20-3-4-21-11/h5-7H,3-4H2,1-2H3,(H,15,16,17). The molecule has 0 saturated carbocycles. The molecule has 116 valence electrons. The van der Waals surface area contributed by atoms with Crippen LogP contribution in [0.4, 0.5) is 5.13 Å². The minimum atomic E-state index is -0.391. The lowest BCUT2D eigenvalue weighted by Crippen LogP contribution is -2.20. The van der Waals surface area contributed by atoms with E-state index < -0.39 is 5.91 Å². The molecule has 1 N–H and O–H groups in total. The first-order valence-electron chi connectivity index (χ1n) is 6.49. The zero-order valence-corrected chi connectivity index (χ0v) is 12.9. The Labute approximate surface area is 130 Å². The molecule has 0 unspecified atom stereocenters. The highest BCUT2D eigenvalue weighted by molar-refractivity contribution is 7.22. The molecule has 8 heteroatoms. The maximum atomic E-state index is 12.0. The summed E-state index contributed by atoms with van der Waals surface area (Å²) in [7, 11) is 3.13. The van der Waals surface area contributed by atoms with Crippen molar-refractivity contribution >= 4 is 32.6 Å². The fourth-order valence-corrected chi connectivity index (χ4v) is 2.83. The predicted molar refractivity (Wildman–Crippen MR) is 81.3 cm³/mol. The molecule has 0 aliphatic carbocycles. The summed E-state index contributed by atoms with van der Waals surface area (Å²) < 4.78 is 21.6. The van der Waals surface area contributed by atoms with Crippen LogP contribution in [0, 0.1) is 0 Å². The molecule has 0 spiro atoms. The molecule has 1 aliphatic rings. The number of amides is 1. The number of rotatable bonds is 4. The first-order chi connectivity index (χ1) is 10.7. The monoisotopic (exact) mass is 322 g/mol. The van der Waals surface area contributed by atoms with Crippen LogP contribution in [0.25, 0.3) is 10.2 Å². The minimum Gasteiger partial charge on any atom is -0.494 e. The molecule has 7 nitrogen and oxygen atoms in total. The van der Waals surface area contributed by atoms with Gasteiger partial charge in [-0.05, 0) is 0 Å². The molecule has 0 bridgehead atoms. The van der Waals surface area contributed by atoms with E-state index in [4.69, 9.17) is 18.9 Å². The Morgan fingerprint density at radius 2 is 2.05 bits per heavy atom. The van der Waals surface area contributed by atoms with Gasteiger partial charge in [0.1, 0.15) is 19.5 Å². The average molecular weight is 322 g/mol. The minimum absolute atomic E-state index is 0.140. The number of ether oxygens (including phenoxy) is 4. The number of nitrogens with zero attached hydrogens (tertiary/aromatic N) is 1. The molecule has 1 aromatic carbocycles. The summed E-state index contributed by atoms with van der Waals surface area (Å²) in [5.41, 5.74) is 0.716. The Hall–Kier alpha value is -2.48. The number of hydrogen-bond acceptors (Lipinski definition) is 7. The van der Waals surface area contributed by atoms with Gasteiger partial charge in [-0.25, -0.2) is 4.98 Å². The van der Waals surface area contributed by atoms with Crippen molar-refractivity contribution in [2.75, 3.05) is 32.8 Å². The highest BCUT2D eigenvalue weighted by atomic mass is 32.1. The van der Waals surface area contributed by atoms with E-state index in [2.05, 4.69) is 10.3 Å². The SMILES string of the molecule is COc1cc2nc(NC(=O)C3=COCCO3)sc2cc1OC. The molecule has 0 saturated heterocycles. The molecule has 2 aromatic rings. The highest BCUT2D eigenvalue weighted by Gasteiger charge is 2.17. The molecule has 0 atom stereocenters. The Bertz CT molecular complexity index is 699. The molecule has 0 radical (unpaired) electrons. The number of aromatic nitrogens is 1. The van der Waals surface area contributed by atoms with Crippen molar-refractivity contribution in [1.82, 2.24) is 4.98 Å². The van der Waals surface area contributed by atoms with Gasteiger partial charge in [-0.15, -0.1) is 0 Å². The van der Waals surface area contributed by atoms with Gasteiger partial charge < -0.3 is 18.9 Å². The van der Waals surface area contributed by atoms with Gasteiger partial charge in [-0.3, -0.25) is 10.1 Å². The van der Waals surface area contributed by atoms with Crippen LogP contribution in [0.3, 0.4) is 0 Å². The van der Waals surface area contributed by atoms with Crippen molar-refractivity contribution in [3.8, 4) is 11.5 Å². The fourth-order valence-electron chi connectivity index (χ4n) is 1.95. The van der Waals surface area contributed by atoms with E-state index in [1.165, 1.54) is 17.6 Å². The van der Waals surface area contributed by atoms with Gasteiger partial charge in [-0.1, -0.05) is 11.3 Å². The van der Waals surface area contributed by atoms with Crippen LogP contribution in [0.1, 0.15) is 0 Å². The van der Waals surface area contributed by atoms with E-state index >= 15 is 0 Å². The highest BCUT2D eigenvalue weighted by Crippen LogP contribution is 2.36. The number of fused-ring (bicyclic) bond motifs is 1. The molecule has 1 aromatic heterocycles. The molecule has 3 rings (SSSR count). The van der Waals surface area contributed by atoms with Crippen LogP contribution in [0.15, 0.2) is 24.2 Å². The number of benzene rings is 1. The van der Waals surface area contributed by atoms with Crippen molar-refractivity contribution in [3.05, 3.63) is 24.2 Å². The Morgan fingerprint density at radius 1 is 1.27 bits per heavy atom. The fraction of sp³-hybridized carbons (Fsp3) is 0.286. The zero-order chi connectivity index (χ0) is 15.5. The van der Waals surface area contributed by atoms with Crippen LogP contribution in [-0.4, -0.2) is 38.3 Å². The van der Waals surface area contributed by atoms with Crippen molar-refractivity contribution < 1.29 is 23.7 Å². The van der Waals surface area contributed by atoms with Gasteiger partial charge in [0, 0.05) is 12.1 Å². The number of hydrogen-bond donors (Lipinski definition) is 1. The van der Waals surface area contributed by atoms with Gasteiger partial charge in [0.15, 0.2) is 16.6 Å². The smallest absolute Gasteiger partial charge is 0.295 e. The summed E-state index contributed by atoms with van der Waals surface area (Å²) in [5, 5.41) is 3.15. The predicted octanol–water partition coefficient (Wildman–Crippen LogP) is 2.14. The van der Waals surface area contributed by atoms with E-state index in [0.717, 1.165) is 4.70 Å². The second kappa shape index (κ2) is 6.10. The number of anilines is 1. The summed E-state index contributed by atoms with van der Waals surface area (Å²) >= 11 is 1.34. The molecular weight excluding hydrogens is 308 g/mol. The third kappa shape index (κ3) is 2.77. The average Bonchev–Trinajstić information content (AvgIpc) is 2.95. The molecule has 0 fully saturated rings. The summed E-state index contributed by atoms with van der Waals surface area (Å²) in [6.07, 6.45) is 1.30. The molecular formula is C14H14N2O5S. The van der Waals surface area contributed by atoms with E-state index in [1.807, 2.05) is 6.07 Å². The summed E-state index contributed by atoms with van der Waals surface area (Å²) in [6, 6.07) is 3.58. The molecule has 22 heavy (non-hydrogen) atoms. The molecule has 2 heterocycles. The van der Waals surface area contributed by atoms with Gasteiger partial charge in [0.05, 0.1) is 24.4 Å².